The van der Waals surface area contributed by atoms with Crippen LogP contribution >= 0.6 is 11.8 Å². The van der Waals surface area contributed by atoms with Crippen LogP contribution < -0.4 is 9.47 Å². The molecule has 2 rings (SSSR count). The standard InChI is InChI=1S/C14H16F2N2O5S/c1-22-11-7-9(13(19)17-3-2-5-24-6-4-17)10(18(20)21)8-12(11)23-14(15)16/h7-8,14H,2-6H2,1H3. The van der Waals surface area contributed by atoms with Gasteiger partial charge in [0.05, 0.1) is 18.1 Å². The summed E-state index contributed by atoms with van der Waals surface area (Å²) in [5, 5.41) is 11.3. The van der Waals surface area contributed by atoms with Crippen molar-refractivity contribution in [1.82, 2.24) is 4.90 Å². The second-order valence-corrected chi connectivity index (χ2v) is 6.14. The van der Waals surface area contributed by atoms with Gasteiger partial charge in [0.2, 0.25) is 0 Å². The number of ether oxygens (including phenoxy) is 2. The molecule has 0 atom stereocenters. The molecule has 1 aromatic rings. The van der Waals surface area contributed by atoms with E-state index >= 15 is 0 Å². The highest BCUT2D eigenvalue weighted by Gasteiger charge is 2.29. The highest BCUT2D eigenvalue weighted by Crippen LogP contribution is 2.36. The van der Waals surface area contributed by atoms with Crippen LogP contribution in [-0.4, -0.2) is 54.0 Å². The number of amides is 1. The van der Waals surface area contributed by atoms with E-state index in [2.05, 4.69) is 4.74 Å². The molecule has 0 saturated carbocycles. The molecule has 1 fully saturated rings. The quantitative estimate of drug-likeness (QED) is 0.592. The molecule has 10 heteroatoms. The summed E-state index contributed by atoms with van der Waals surface area (Å²) in [6.45, 7) is -2.21. The molecule has 1 saturated heterocycles. The van der Waals surface area contributed by atoms with Crippen molar-refractivity contribution >= 4 is 23.4 Å². The number of benzene rings is 1. The largest absolute Gasteiger partial charge is 0.493 e. The minimum absolute atomic E-state index is 0.159. The first-order valence-electron chi connectivity index (χ1n) is 7.12. The Morgan fingerprint density at radius 2 is 2.08 bits per heavy atom. The van der Waals surface area contributed by atoms with Crippen molar-refractivity contribution in [2.45, 2.75) is 13.0 Å². The predicted octanol–water partition coefficient (Wildman–Crippen LogP) is 2.78. The average molecular weight is 362 g/mol. The first-order valence-corrected chi connectivity index (χ1v) is 8.27. The summed E-state index contributed by atoms with van der Waals surface area (Å²) < 4.78 is 34.0. The lowest BCUT2D eigenvalue weighted by atomic mass is 10.1. The summed E-state index contributed by atoms with van der Waals surface area (Å²) in [5.74, 6) is 0.487. The van der Waals surface area contributed by atoms with E-state index in [1.165, 1.54) is 12.0 Å². The van der Waals surface area contributed by atoms with E-state index in [9.17, 15) is 23.7 Å². The van der Waals surface area contributed by atoms with Crippen LogP contribution in [0.1, 0.15) is 16.8 Å². The Morgan fingerprint density at radius 3 is 2.71 bits per heavy atom. The Labute approximate surface area is 141 Å². The summed E-state index contributed by atoms with van der Waals surface area (Å²) in [4.78, 5) is 24.6. The van der Waals surface area contributed by atoms with Gasteiger partial charge in [-0.3, -0.25) is 14.9 Å². The van der Waals surface area contributed by atoms with E-state index < -0.39 is 28.9 Å². The Hall–Kier alpha value is -2.10. The molecule has 7 nitrogen and oxygen atoms in total. The number of halogens is 2. The third-order valence-electron chi connectivity index (χ3n) is 3.43. The average Bonchev–Trinajstić information content (AvgIpc) is 2.82. The molecule has 1 amide bonds. The minimum Gasteiger partial charge on any atom is -0.493 e. The number of carbonyl (C=O) groups excluding carboxylic acids is 1. The third-order valence-corrected chi connectivity index (χ3v) is 4.48. The molecule has 0 aliphatic carbocycles. The van der Waals surface area contributed by atoms with E-state index in [1.807, 2.05) is 0 Å². The fourth-order valence-electron chi connectivity index (χ4n) is 2.34. The molecule has 0 unspecified atom stereocenters. The van der Waals surface area contributed by atoms with E-state index in [-0.39, 0.29) is 11.3 Å². The lowest BCUT2D eigenvalue weighted by Crippen LogP contribution is -2.33. The number of thioether (sulfide) groups is 1. The number of nitro groups is 1. The maximum Gasteiger partial charge on any atom is 0.387 e. The van der Waals surface area contributed by atoms with Gasteiger partial charge in [0.15, 0.2) is 11.5 Å². The molecule has 0 N–H and O–H groups in total. The smallest absolute Gasteiger partial charge is 0.387 e. The van der Waals surface area contributed by atoms with Crippen LogP contribution in [0.25, 0.3) is 0 Å². The molecule has 0 radical (unpaired) electrons. The molecule has 0 spiro atoms. The number of alkyl halides is 2. The normalized spacial score (nSPS) is 15.1. The van der Waals surface area contributed by atoms with Gasteiger partial charge < -0.3 is 14.4 Å². The van der Waals surface area contributed by atoms with Gasteiger partial charge >= 0.3 is 6.61 Å². The number of rotatable bonds is 5. The molecule has 1 heterocycles. The van der Waals surface area contributed by atoms with Gasteiger partial charge in [-0.2, -0.15) is 20.5 Å². The van der Waals surface area contributed by atoms with Crippen molar-refractivity contribution in [2.75, 3.05) is 31.7 Å². The van der Waals surface area contributed by atoms with Gasteiger partial charge in [-0.05, 0) is 12.2 Å². The van der Waals surface area contributed by atoms with E-state index in [0.717, 1.165) is 30.1 Å². The molecular formula is C14H16F2N2O5S. The number of nitrogens with zero attached hydrogens (tertiary/aromatic N) is 2. The second kappa shape index (κ2) is 8.13. The van der Waals surface area contributed by atoms with Crippen molar-refractivity contribution in [3.8, 4) is 11.5 Å². The Bertz CT molecular complexity index is 621. The zero-order valence-electron chi connectivity index (χ0n) is 12.9. The predicted molar refractivity (Wildman–Crippen MR) is 84.1 cm³/mol. The minimum atomic E-state index is -3.16. The van der Waals surface area contributed by atoms with Gasteiger partial charge in [-0.1, -0.05) is 0 Å². The Kier molecular flexibility index (Phi) is 6.18. The Balaban J connectivity index is 2.43. The van der Waals surface area contributed by atoms with Crippen molar-refractivity contribution in [3.05, 3.63) is 27.8 Å². The summed E-state index contributed by atoms with van der Waals surface area (Å²) >= 11 is 1.70. The number of nitro benzene ring substituents is 1. The topological polar surface area (TPSA) is 81.9 Å². The van der Waals surface area contributed by atoms with Crippen molar-refractivity contribution < 1.29 is 28.0 Å². The third kappa shape index (κ3) is 4.25. The zero-order chi connectivity index (χ0) is 17.7. The van der Waals surface area contributed by atoms with Crippen LogP contribution in [0.5, 0.6) is 11.5 Å². The molecule has 24 heavy (non-hydrogen) atoms. The van der Waals surface area contributed by atoms with Crippen LogP contribution in [0.4, 0.5) is 14.5 Å². The van der Waals surface area contributed by atoms with Crippen LogP contribution in [0, 0.1) is 10.1 Å². The van der Waals surface area contributed by atoms with Crippen molar-refractivity contribution in [1.29, 1.82) is 0 Å². The van der Waals surface area contributed by atoms with Crippen molar-refractivity contribution in [3.63, 3.8) is 0 Å². The lowest BCUT2D eigenvalue weighted by molar-refractivity contribution is -0.385. The lowest BCUT2D eigenvalue weighted by Gasteiger charge is -2.20. The van der Waals surface area contributed by atoms with E-state index in [1.54, 1.807) is 11.8 Å². The zero-order valence-corrected chi connectivity index (χ0v) is 13.7. The first-order chi connectivity index (χ1) is 11.4. The number of carbonyl (C=O) groups is 1. The fraction of sp³-hybridized carbons (Fsp3) is 0.500. The molecule has 132 valence electrons. The van der Waals surface area contributed by atoms with Crippen molar-refractivity contribution in [2.24, 2.45) is 0 Å². The maximum absolute atomic E-state index is 12.6. The number of hydrogen-bond donors (Lipinski definition) is 0. The molecule has 0 bridgehead atoms. The highest BCUT2D eigenvalue weighted by molar-refractivity contribution is 7.99. The van der Waals surface area contributed by atoms with Gasteiger partial charge in [-0.15, -0.1) is 0 Å². The van der Waals surface area contributed by atoms with E-state index in [0.29, 0.717) is 13.1 Å². The van der Waals surface area contributed by atoms with Crippen LogP contribution in [0.3, 0.4) is 0 Å². The molecular weight excluding hydrogens is 346 g/mol. The van der Waals surface area contributed by atoms with Crippen LogP contribution in [-0.2, 0) is 0 Å². The fourth-order valence-corrected chi connectivity index (χ4v) is 3.23. The summed E-state index contributed by atoms with van der Waals surface area (Å²) in [5.41, 5.74) is -0.793. The molecule has 1 aromatic carbocycles. The second-order valence-electron chi connectivity index (χ2n) is 4.91. The molecule has 1 aliphatic rings. The van der Waals surface area contributed by atoms with Gasteiger partial charge in [0.25, 0.3) is 11.6 Å². The number of methoxy groups -OCH3 is 1. The highest BCUT2D eigenvalue weighted by atomic mass is 32.2. The van der Waals surface area contributed by atoms with Crippen LogP contribution in [0.15, 0.2) is 12.1 Å². The number of hydrogen-bond acceptors (Lipinski definition) is 6. The maximum atomic E-state index is 12.6. The monoisotopic (exact) mass is 362 g/mol. The Morgan fingerprint density at radius 1 is 1.33 bits per heavy atom. The van der Waals surface area contributed by atoms with Gasteiger partial charge in [-0.25, -0.2) is 0 Å². The summed E-state index contributed by atoms with van der Waals surface area (Å²) in [6.07, 6.45) is 0.786. The van der Waals surface area contributed by atoms with Gasteiger partial charge in [0.1, 0.15) is 5.56 Å². The first kappa shape index (κ1) is 18.2. The van der Waals surface area contributed by atoms with E-state index in [4.69, 9.17) is 4.74 Å². The van der Waals surface area contributed by atoms with Gasteiger partial charge in [0, 0.05) is 24.9 Å². The van der Waals surface area contributed by atoms with Crippen LogP contribution in [0.2, 0.25) is 0 Å². The molecule has 0 aromatic heterocycles. The summed E-state index contributed by atoms with van der Waals surface area (Å²) in [6, 6.07) is 1.88. The SMILES string of the molecule is COc1cc(C(=O)N2CCCSCC2)c([N+](=O)[O-])cc1OC(F)F. The molecule has 1 aliphatic heterocycles. The summed E-state index contributed by atoms with van der Waals surface area (Å²) in [7, 11) is 1.20.